The van der Waals surface area contributed by atoms with Gasteiger partial charge in [0, 0.05) is 6.42 Å². The van der Waals surface area contributed by atoms with E-state index in [0.717, 1.165) is 42.6 Å². The second-order valence-electron chi connectivity index (χ2n) is 6.89. The Hall–Kier alpha value is -2.82. The number of aryl methyl sites for hydroxylation is 1. The molecule has 2 aromatic rings. The fourth-order valence-corrected chi connectivity index (χ4v) is 3.94. The molecule has 1 amide bonds. The molecule has 26 heavy (non-hydrogen) atoms. The Morgan fingerprint density at radius 1 is 1.12 bits per heavy atom. The quantitative estimate of drug-likeness (QED) is 0.888. The van der Waals surface area contributed by atoms with E-state index in [4.69, 9.17) is 4.74 Å². The molecule has 2 atom stereocenters. The van der Waals surface area contributed by atoms with Gasteiger partial charge in [-0.15, -0.1) is 0 Å². The van der Waals surface area contributed by atoms with Crippen LogP contribution in [0.3, 0.4) is 0 Å². The van der Waals surface area contributed by atoms with Crippen molar-refractivity contribution in [3.05, 3.63) is 64.7 Å². The third kappa shape index (κ3) is 3.05. The summed E-state index contributed by atoms with van der Waals surface area (Å²) in [6.45, 7) is 0.613. The second kappa shape index (κ2) is 6.83. The lowest BCUT2D eigenvalue weighted by molar-refractivity contribution is -0.142. The van der Waals surface area contributed by atoms with E-state index in [2.05, 4.69) is 5.32 Å². The summed E-state index contributed by atoms with van der Waals surface area (Å²) in [6.07, 6.45) is 3.41. The van der Waals surface area contributed by atoms with Crippen molar-refractivity contribution in [1.29, 1.82) is 0 Å². The van der Waals surface area contributed by atoms with Crippen LogP contribution >= 0.6 is 0 Å². The molecule has 0 fully saturated rings. The molecule has 5 nitrogen and oxygen atoms in total. The Balaban J connectivity index is 1.58. The Bertz CT molecular complexity index is 861. The third-order valence-corrected chi connectivity index (χ3v) is 5.27. The van der Waals surface area contributed by atoms with Gasteiger partial charge in [0.2, 0.25) is 5.91 Å². The second-order valence-corrected chi connectivity index (χ2v) is 6.89. The van der Waals surface area contributed by atoms with Crippen LogP contribution in [-0.2, 0) is 22.4 Å². The van der Waals surface area contributed by atoms with E-state index >= 15 is 0 Å². The summed E-state index contributed by atoms with van der Waals surface area (Å²) in [6, 6.07) is 12.2. The lowest BCUT2D eigenvalue weighted by Gasteiger charge is -2.26. The number of carboxylic acid groups (broad SMARTS) is 1. The first-order chi connectivity index (χ1) is 12.6. The number of nitrogens with one attached hydrogen (secondary N) is 1. The number of aliphatic carboxylic acids is 1. The van der Waals surface area contributed by atoms with Crippen LogP contribution in [0.1, 0.15) is 47.1 Å². The Labute approximate surface area is 152 Å². The maximum atomic E-state index is 12.9. The fraction of sp³-hybridized carbons (Fsp3) is 0.333. The minimum absolute atomic E-state index is 0.221. The molecule has 1 heterocycles. The number of hydrogen-bond acceptors (Lipinski definition) is 3. The van der Waals surface area contributed by atoms with Gasteiger partial charge >= 0.3 is 5.97 Å². The number of rotatable bonds is 4. The minimum Gasteiger partial charge on any atom is -0.493 e. The van der Waals surface area contributed by atoms with Crippen molar-refractivity contribution in [2.45, 2.75) is 37.6 Å². The first-order valence-corrected chi connectivity index (χ1v) is 9.00. The van der Waals surface area contributed by atoms with Crippen LogP contribution in [-0.4, -0.2) is 23.6 Å². The Kier molecular flexibility index (Phi) is 4.37. The zero-order valence-corrected chi connectivity index (χ0v) is 14.4. The molecule has 2 aliphatic rings. The van der Waals surface area contributed by atoms with Gasteiger partial charge in [0.25, 0.3) is 0 Å². The molecule has 134 valence electrons. The largest absolute Gasteiger partial charge is 0.493 e. The standard InChI is InChI=1S/C21H21NO4/c23-20(17-7-3-5-13-4-1-2-6-16(13)17)22-19(21(24)25)15-8-9-18-14(12-15)10-11-26-18/h1-2,4,6,8-9,12,17,19H,3,5,7,10-11H2,(H,22,23)(H,24,25). The highest BCUT2D eigenvalue weighted by Gasteiger charge is 2.31. The van der Waals surface area contributed by atoms with Crippen LogP contribution < -0.4 is 10.1 Å². The van der Waals surface area contributed by atoms with Crippen molar-refractivity contribution in [2.24, 2.45) is 0 Å². The first-order valence-electron chi connectivity index (χ1n) is 9.00. The maximum Gasteiger partial charge on any atom is 0.330 e. The lowest BCUT2D eigenvalue weighted by Crippen LogP contribution is -2.38. The van der Waals surface area contributed by atoms with E-state index in [0.29, 0.717) is 12.2 Å². The summed E-state index contributed by atoms with van der Waals surface area (Å²) >= 11 is 0. The summed E-state index contributed by atoms with van der Waals surface area (Å²) in [4.78, 5) is 24.7. The number of carbonyl (C=O) groups is 2. The molecule has 2 N–H and O–H groups in total. The normalized spacial score (nSPS) is 19.0. The zero-order valence-electron chi connectivity index (χ0n) is 14.4. The number of carbonyl (C=O) groups excluding carboxylic acids is 1. The highest BCUT2D eigenvalue weighted by molar-refractivity contribution is 5.89. The zero-order chi connectivity index (χ0) is 18.1. The molecule has 2 unspecified atom stereocenters. The molecule has 1 aliphatic carbocycles. The summed E-state index contributed by atoms with van der Waals surface area (Å²) in [5.74, 6) is -0.771. The molecule has 0 aromatic heterocycles. The topological polar surface area (TPSA) is 75.6 Å². The molecule has 5 heteroatoms. The van der Waals surface area contributed by atoms with Gasteiger partial charge in [0.15, 0.2) is 6.04 Å². The summed E-state index contributed by atoms with van der Waals surface area (Å²) < 4.78 is 5.47. The molecule has 0 saturated heterocycles. The molecule has 1 aliphatic heterocycles. The SMILES string of the molecule is O=C(NC(C(=O)O)c1ccc2c(c1)CCO2)C1CCCc2ccccc21. The van der Waals surface area contributed by atoms with E-state index in [1.54, 1.807) is 12.1 Å². The number of benzene rings is 2. The van der Waals surface area contributed by atoms with Crippen LogP contribution in [0.4, 0.5) is 0 Å². The van der Waals surface area contributed by atoms with E-state index < -0.39 is 12.0 Å². The summed E-state index contributed by atoms with van der Waals surface area (Å²) in [5, 5.41) is 12.4. The van der Waals surface area contributed by atoms with Gasteiger partial charge in [0.1, 0.15) is 5.75 Å². The number of fused-ring (bicyclic) bond motifs is 2. The van der Waals surface area contributed by atoms with E-state index in [9.17, 15) is 14.7 Å². The minimum atomic E-state index is -1.05. The maximum absolute atomic E-state index is 12.9. The highest BCUT2D eigenvalue weighted by atomic mass is 16.5. The fourth-order valence-electron chi connectivity index (χ4n) is 3.94. The van der Waals surface area contributed by atoms with Gasteiger partial charge < -0.3 is 15.2 Å². The van der Waals surface area contributed by atoms with Crippen LogP contribution in [0.15, 0.2) is 42.5 Å². The van der Waals surface area contributed by atoms with Crippen molar-refractivity contribution in [1.82, 2.24) is 5.32 Å². The van der Waals surface area contributed by atoms with E-state index in [-0.39, 0.29) is 11.8 Å². The molecular formula is C21H21NO4. The molecular weight excluding hydrogens is 330 g/mol. The first kappa shape index (κ1) is 16.6. The number of hydrogen-bond donors (Lipinski definition) is 2. The third-order valence-electron chi connectivity index (χ3n) is 5.27. The monoisotopic (exact) mass is 351 g/mol. The smallest absolute Gasteiger partial charge is 0.330 e. The van der Waals surface area contributed by atoms with E-state index in [1.807, 2.05) is 30.3 Å². The predicted molar refractivity (Wildman–Crippen MR) is 96.3 cm³/mol. The summed E-state index contributed by atoms with van der Waals surface area (Å²) in [7, 11) is 0. The average Bonchev–Trinajstić information content (AvgIpc) is 3.13. The predicted octanol–water partition coefficient (Wildman–Crippen LogP) is 2.98. The summed E-state index contributed by atoms with van der Waals surface area (Å²) in [5.41, 5.74) is 3.77. The van der Waals surface area contributed by atoms with Gasteiger partial charge in [-0.05, 0) is 53.6 Å². The molecule has 0 radical (unpaired) electrons. The van der Waals surface area contributed by atoms with Crippen molar-refractivity contribution < 1.29 is 19.4 Å². The molecule has 0 bridgehead atoms. The van der Waals surface area contributed by atoms with Crippen LogP contribution in [0.5, 0.6) is 5.75 Å². The molecule has 4 rings (SSSR count). The van der Waals surface area contributed by atoms with Gasteiger partial charge in [-0.1, -0.05) is 30.3 Å². The van der Waals surface area contributed by atoms with Crippen LogP contribution in [0.25, 0.3) is 0 Å². The highest BCUT2D eigenvalue weighted by Crippen LogP contribution is 2.33. The Morgan fingerprint density at radius 3 is 2.81 bits per heavy atom. The van der Waals surface area contributed by atoms with Crippen LogP contribution in [0, 0.1) is 0 Å². The molecule has 0 saturated carbocycles. The van der Waals surface area contributed by atoms with Gasteiger partial charge in [0.05, 0.1) is 12.5 Å². The molecule has 2 aromatic carbocycles. The van der Waals surface area contributed by atoms with Crippen molar-refractivity contribution >= 4 is 11.9 Å². The van der Waals surface area contributed by atoms with Gasteiger partial charge in [-0.2, -0.15) is 0 Å². The molecule has 0 spiro atoms. The van der Waals surface area contributed by atoms with Crippen molar-refractivity contribution in [3.63, 3.8) is 0 Å². The number of carboxylic acids is 1. The Morgan fingerprint density at radius 2 is 1.96 bits per heavy atom. The van der Waals surface area contributed by atoms with E-state index in [1.165, 1.54) is 5.56 Å². The number of ether oxygens (including phenoxy) is 1. The van der Waals surface area contributed by atoms with Gasteiger partial charge in [-0.25, -0.2) is 4.79 Å². The van der Waals surface area contributed by atoms with Crippen molar-refractivity contribution in [3.8, 4) is 5.75 Å². The van der Waals surface area contributed by atoms with Gasteiger partial charge in [-0.3, -0.25) is 4.79 Å². The van der Waals surface area contributed by atoms with Crippen LogP contribution in [0.2, 0.25) is 0 Å². The lowest BCUT2D eigenvalue weighted by atomic mass is 9.82. The number of amides is 1. The average molecular weight is 351 g/mol. The van der Waals surface area contributed by atoms with Crippen molar-refractivity contribution in [2.75, 3.05) is 6.61 Å².